The first-order valence-corrected chi connectivity index (χ1v) is 11.6. The van der Waals surface area contributed by atoms with E-state index in [4.69, 9.17) is 11.6 Å². The molecule has 4 aliphatic carbocycles. The number of anilines is 1. The van der Waals surface area contributed by atoms with E-state index in [1.54, 1.807) is 24.3 Å². The van der Waals surface area contributed by atoms with Gasteiger partial charge < -0.3 is 5.32 Å². The van der Waals surface area contributed by atoms with Gasteiger partial charge in [0.15, 0.2) is 0 Å². The summed E-state index contributed by atoms with van der Waals surface area (Å²) in [4.78, 5) is 42.0. The number of imide groups is 1. The Morgan fingerprint density at radius 2 is 1.62 bits per heavy atom. The monoisotopic (exact) mass is 446 g/mol. The molecular weight excluding hydrogens is 424 g/mol. The third-order valence-corrected chi connectivity index (χ3v) is 7.91. The van der Waals surface area contributed by atoms with Crippen LogP contribution in [0.1, 0.15) is 12.0 Å². The summed E-state index contributed by atoms with van der Waals surface area (Å²) in [6.45, 7) is 0. The molecule has 0 spiro atoms. The minimum Gasteiger partial charge on any atom is -0.324 e. The van der Waals surface area contributed by atoms with Gasteiger partial charge in [-0.2, -0.15) is 0 Å². The normalized spacial score (nSPS) is 32.5. The molecule has 162 valence electrons. The van der Waals surface area contributed by atoms with Crippen molar-refractivity contribution in [2.45, 2.75) is 18.9 Å². The summed E-state index contributed by atoms with van der Waals surface area (Å²) >= 11 is 6.07. The number of rotatable bonds is 5. The molecule has 1 heterocycles. The van der Waals surface area contributed by atoms with Gasteiger partial charge in [-0.05, 0) is 53.9 Å². The van der Waals surface area contributed by atoms with E-state index in [1.807, 2.05) is 30.3 Å². The third-order valence-electron chi connectivity index (χ3n) is 7.68. The van der Waals surface area contributed by atoms with Gasteiger partial charge in [-0.3, -0.25) is 19.3 Å². The molecule has 1 aliphatic heterocycles. The van der Waals surface area contributed by atoms with Crippen LogP contribution in [0.25, 0.3) is 0 Å². The fraction of sp³-hybridized carbons (Fsp3) is 0.346. The highest BCUT2D eigenvalue weighted by Crippen LogP contribution is 2.65. The Morgan fingerprint density at radius 3 is 2.25 bits per heavy atom. The van der Waals surface area contributed by atoms with Gasteiger partial charge in [-0.25, -0.2) is 0 Å². The van der Waals surface area contributed by atoms with Crippen LogP contribution in [0.5, 0.6) is 0 Å². The van der Waals surface area contributed by atoms with Gasteiger partial charge in [0, 0.05) is 17.1 Å². The number of halogens is 1. The summed E-state index contributed by atoms with van der Waals surface area (Å²) in [6, 6.07) is 15.5. The van der Waals surface area contributed by atoms with Crippen molar-refractivity contribution in [3.8, 4) is 0 Å². The average molecular weight is 447 g/mol. The minimum atomic E-state index is -0.905. The van der Waals surface area contributed by atoms with Crippen molar-refractivity contribution >= 4 is 35.0 Å². The standard InChI is InChI=1S/C26H23ClN2O3/c27-15-7-4-8-16(12-15)28-24(30)21(11-14-5-2-1-3-6-14)29-25(31)22-17-9-10-18(20-13-19(17)20)23(22)26(29)32/h1-10,12,17-23H,11,13H2,(H,28,30)/t17-,18-,19-,20-,21-,22-,23+/m1/s1. The zero-order valence-corrected chi connectivity index (χ0v) is 18.1. The number of benzene rings is 2. The van der Waals surface area contributed by atoms with Gasteiger partial charge in [0.1, 0.15) is 6.04 Å². The van der Waals surface area contributed by atoms with Crippen molar-refractivity contribution in [3.63, 3.8) is 0 Å². The molecule has 0 radical (unpaired) electrons. The molecule has 3 fully saturated rings. The van der Waals surface area contributed by atoms with Crippen LogP contribution in [0.2, 0.25) is 5.02 Å². The van der Waals surface area contributed by atoms with Gasteiger partial charge >= 0.3 is 0 Å². The second-order valence-corrected chi connectivity index (χ2v) is 9.84. The van der Waals surface area contributed by atoms with Gasteiger partial charge in [-0.1, -0.05) is 60.2 Å². The fourth-order valence-electron chi connectivity index (χ4n) is 6.22. The van der Waals surface area contributed by atoms with Gasteiger partial charge in [0.2, 0.25) is 17.7 Å². The summed E-state index contributed by atoms with van der Waals surface area (Å²) in [5.41, 5.74) is 1.44. The van der Waals surface area contributed by atoms with Crippen LogP contribution < -0.4 is 5.32 Å². The van der Waals surface area contributed by atoms with Crippen molar-refractivity contribution < 1.29 is 14.4 Å². The number of hydrogen-bond acceptors (Lipinski definition) is 3. The Bertz CT molecular complexity index is 1110. The molecule has 0 unspecified atom stereocenters. The van der Waals surface area contributed by atoms with Crippen molar-refractivity contribution in [2.75, 3.05) is 5.32 Å². The Kier molecular flexibility index (Phi) is 4.51. The predicted octanol–water partition coefficient (Wildman–Crippen LogP) is 3.94. The largest absolute Gasteiger partial charge is 0.324 e. The Balaban J connectivity index is 1.33. The number of carbonyl (C=O) groups excluding carboxylic acids is 3. The van der Waals surface area contributed by atoms with Crippen molar-refractivity contribution in [1.82, 2.24) is 4.90 Å². The lowest BCUT2D eigenvalue weighted by Gasteiger charge is -2.37. The molecule has 2 bridgehead atoms. The Hall–Kier alpha value is -2.92. The summed E-state index contributed by atoms with van der Waals surface area (Å²) in [6.07, 6.45) is 5.68. The van der Waals surface area contributed by atoms with Gasteiger partial charge in [0.05, 0.1) is 11.8 Å². The lowest BCUT2D eigenvalue weighted by molar-refractivity contribution is -0.146. The van der Waals surface area contributed by atoms with Crippen LogP contribution in [-0.2, 0) is 20.8 Å². The maximum absolute atomic E-state index is 13.6. The predicted molar refractivity (Wildman–Crippen MR) is 121 cm³/mol. The SMILES string of the molecule is O=C(Nc1cccc(Cl)c1)[C@@H](Cc1ccccc1)N1C(=O)[C@@H]2[C@@H]3C=C[C@H]([C@H]4C[C@H]34)[C@@H]2C1=O. The first-order valence-electron chi connectivity index (χ1n) is 11.2. The van der Waals surface area contributed by atoms with Crippen molar-refractivity contribution in [2.24, 2.45) is 35.5 Å². The second kappa shape index (κ2) is 7.31. The van der Waals surface area contributed by atoms with Crippen LogP contribution in [0.4, 0.5) is 5.69 Å². The van der Waals surface area contributed by atoms with E-state index in [0.717, 1.165) is 12.0 Å². The molecule has 1 N–H and O–H groups in total. The number of carbonyl (C=O) groups is 3. The lowest BCUT2D eigenvalue weighted by atomic mass is 9.63. The number of nitrogens with zero attached hydrogens (tertiary/aromatic N) is 1. The molecule has 7 atom stereocenters. The van der Waals surface area contributed by atoms with Crippen LogP contribution in [0.15, 0.2) is 66.7 Å². The summed E-state index contributed by atoms with van der Waals surface area (Å²) in [5, 5.41) is 3.38. The molecular formula is C26H23ClN2O3. The van der Waals surface area contributed by atoms with E-state index < -0.39 is 6.04 Å². The van der Waals surface area contributed by atoms with E-state index >= 15 is 0 Å². The molecule has 5 aliphatic rings. The number of allylic oxidation sites excluding steroid dienone is 2. The highest BCUT2D eigenvalue weighted by atomic mass is 35.5. The van der Waals surface area contributed by atoms with Crippen LogP contribution in [0.3, 0.4) is 0 Å². The molecule has 3 amide bonds. The summed E-state index contributed by atoms with van der Waals surface area (Å²) in [7, 11) is 0. The number of amides is 3. The van der Waals surface area contributed by atoms with Crippen LogP contribution >= 0.6 is 11.6 Å². The van der Waals surface area contributed by atoms with E-state index in [1.165, 1.54) is 4.90 Å². The first kappa shape index (κ1) is 19.7. The van der Waals surface area contributed by atoms with E-state index in [-0.39, 0.29) is 47.8 Å². The molecule has 2 aromatic rings. The highest BCUT2D eigenvalue weighted by molar-refractivity contribution is 6.30. The highest BCUT2D eigenvalue weighted by Gasteiger charge is 2.67. The smallest absolute Gasteiger partial charge is 0.248 e. The van der Waals surface area contributed by atoms with E-state index in [9.17, 15) is 14.4 Å². The number of nitrogens with one attached hydrogen (secondary N) is 1. The van der Waals surface area contributed by atoms with Gasteiger partial charge in [-0.15, -0.1) is 0 Å². The maximum Gasteiger partial charge on any atom is 0.248 e. The molecule has 6 heteroatoms. The molecule has 7 rings (SSSR count). The van der Waals surface area contributed by atoms with Crippen LogP contribution in [0, 0.1) is 35.5 Å². The Labute approximate surface area is 191 Å². The minimum absolute atomic E-state index is 0.129. The molecule has 1 saturated heterocycles. The quantitative estimate of drug-likeness (QED) is 0.558. The molecule has 0 aromatic heterocycles. The zero-order chi connectivity index (χ0) is 22.0. The number of likely N-dealkylation sites (tertiary alicyclic amines) is 1. The molecule has 5 nitrogen and oxygen atoms in total. The maximum atomic E-state index is 13.6. The fourth-order valence-corrected chi connectivity index (χ4v) is 6.41. The topological polar surface area (TPSA) is 66.5 Å². The van der Waals surface area contributed by atoms with Crippen molar-refractivity contribution in [1.29, 1.82) is 0 Å². The first-order chi connectivity index (χ1) is 15.5. The molecule has 2 saturated carbocycles. The number of hydrogen-bond donors (Lipinski definition) is 1. The Morgan fingerprint density at radius 1 is 0.969 bits per heavy atom. The van der Waals surface area contributed by atoms with E-state index in [2.05, 4.69) is 17.5 Å². The van der Waals surface area contributed by atoms with Crippen LogP contribution in [-0.4, -0.2) is 28.7 Å². The third kappa shape index (κ3) is 3.02. The second-order valence-electron chi connectivity index (χ2n) is 9.41. The average Bonchev–Trinajstić information content (AvgIpc) is 3.57. The molecule has 32 heavy (non-hydrogen) atoms. The zero-order valence-electron chi connectivity index (χ0n) is 17.4. The molecule has 2 aromatic carbocycles. The lowest BCUT2D eigenvalue weighted by Crippen LogP contribution is -2.49. The summed E-state index contributed by atoms with van der Waals surface area (Å²) < 4.78 is 0. The van der Waals surface area contributed by atoms with Gasteiger partial charge in [0.25, 0.3) is 0 Å². The summed E-state index contributed by atoms with van der Waals surface area (Å²) in [5.74, 6) is -0.0843. The van der Waals surface area contributed by atoms with E-state index in [0.29, 0.717) is 22.5 Å². The van der Waals surface area contributed by atoms with Crippen molar-refractivity contribution in [3.05, 3.63) is 77.3 Å².